The first-order valence-electron chi connectivity index (χ1n) is 5.01. The van der Waals surface area contributed by atoms with Gasteiger partial charge in [0.05, 0.1) is 11.8 Å². The maximum atomic E-state index is 10.5. The second-order valence-corrected chi connectivity index (χ2v) is 3.69. The van der Waals surface area contributed by atoms with Gasteiger partial charge < -0.3 is 14.6 Å². The Morgan fingerprint density at radius 1 is 1.44 bits per heavy atom. The number of carboxylic acid groups (broad SMARTS) is 1. The number of fused-ring (bicyclic) bond motifs is 1. The number of phenols is 1. The Hall–Kier alpha value is -1.97. The second-order valence-electron chi connectivity index (χ2n) is 3.69. The van der Waals surface area contributed by atoms with Crippen molar-refractivity contribution < 1.29 is 19.4 Å². The lowest BCUT2D eigenvalue weighted by Crippen LogP contribution is -1.97. The van der Waals surface area contributed by atoms with Crippen molar-refractivity contribution in [3.63, 3.8) is 0 Å². The van der Waals surface area contributed by atoms with Crippen LogP contribution in [0.4, 0.5) is 0 Å². The largest absolute Gasteiger partial charge is 0.507 e. The van der Waals surface area contributed by atoms with Crippen LogP contribution in [0.25, 0.3) is 11.0 Å². The SMILES string of the molecule is Cc1c(CCC(=O)O)oc2cccc(O)c12. The first-order chi connectivity index (χ1) is 7.59. The van der Waals surface area contributed by atoms with Crippen molar-refractivity contribution in [2.24, 2.45) is 0 Å². The number of aryl methyl sites for hydroxylation is 2. The van der Waals surface area contributed by atoms with Crippen molar-refractivity contribution in [1.29, 1.82) is 0 Å². The molecule has 4 heteroatoms. The van der Waals surface area contributed by atoms with Crippen molar-refractivity contribution in [3.05, 3.63) is 29.5 Å². The van der Waals surface area contributed by atoms with Crippen LogP contribution >= 0.6 is 0 Å². The molecule has 0 saturated heterocycles. The molecule has 0 radical (unpaired) electrons. The summed E-state index contributed by atoms with van der Waals surface area (Å²) >= 11 is 0. The van der Waals surface area contributed by atoms with E-state index < -0.39 is 5.97 Å². The van der Waals surface area contributed by atoms with Gasteiger partial charge in [-0.05, 0) is 19.1 Å². The zero-order valence-corrected chi connectivity index (χ0v) is 8.86. The zero-order valence-electron chi connectivity index (χ0n) is 8.86. The van der Waals surface area contributed by atoms with Crippen LogP contribution in [0, 0.1) is 6.92 Å². The first-order valence-corrected chi connectivity index (χ1v) is 5.01. The monoisotopic (exact) mass is 220 g/mol. The van der Waals surface area contributed by atoms with Crippen molar-refractivity contribution in [3.8, 4) is 5.75 Å². The summed E-state index contributed by atoms with van der Waals surface area (Å²) in [4.78, 5) is 10.5. The summed E-state index contributed by atoms with van der Waals surface area (Å²) in [5.74, 6) is -0.0664. The fourth-order valence-corrected chi connectivity index (χ4v) is 1.79. The van der Waals surface area contributed by atoms with E-state index in [9.17, 15) is 9.90 Å². The van der Waals surface area contributed by atoms with Gasteiger partial charge in [0.15, 0.2) is 0 Å². The van der Waals surface area contributed by atoms with E-state index in [4.69, 9.17) is 9.52 Å². The van der Waals surface area contributed by atoms with E-state index in [0.717, 1.165) is 5.56 Å². The fourth-order valence-electron chi connectivity index (χ4n) is 1.79. The predicted octanol–water partition coefficient (Wildman–Crippen LogP) is 2.46. The van der Waals surface area contributed by atoms with Crippen LogP contribution in [-0.4, -0.2) is 16.2 Å². The summed E-state index contributed by atoms with van der Waals surface area (Å²) in [5.41, 5.74) is 1.41. The Labute approximate surface area is 92.1 Å². The Morgan fingerprint density at radius 2 is 2.19 bits per heavy atom. The normalized spacial score (nSPS) is 10.8. The lowest BCUT2D eigenvalue weighted by molar-refractivity contribution is -0.137. The van der Waals surface area contributed by atoms with Crippen LogP contribution in [0.3, 0.4) is 0 Å². The summed E-state index contributed by atoms with van der Waals surface area (Å²) in [6.07, 6.45) is 0.372. The lowest BCUT2D eigenvalue weighted by atomic mass is 10.1. The summed E-state index contributed by atoms with van der Waals surface area (Å²) in [6.45, 7) is 1.82. The molecule has 0 bridgehead atoms. The van der Waals surface area contributed by atoms with Gasteiger partial charge >= 0.3 is 5.97 Å². The molecule has 1 aromatic heterocycles. The molecule has 0 aliphatic heterocycles. The number of rotatable bonds is 3. The fraction of sp³-hybridized carbons (Fsp3) is 0.250. The number of carboxylic acids is 1. The van der Waals surface area contributed by atoms with Gasteiger partial charge in [-0.15, -0.1) is 0 Å². The Balaban J connectivity index is 2.44. The Kier molecular flexibility index (Phi) is 2.56. The van der Waals surface area contributed by atoms with Crippen molar-refractivity contribution in [2.75, 3.05) is 0 Å². The van der Waals surface area contributed by atoms with Gasteiger partial charge in [-0.1, -0.05) is 6.07 Å². The molecule has 0 aliphatic carbocycles. The van der Waals surface area contributed by atoms with E-state index in [1.807, 2.05) is 6.92 Å². The van der Waals surface area contributed by atoms with Crippen molar-refractivity contribution in [1.82, 2.24) is 0 Å². The summed E-state index contributed by atoms with van der Waals surface area (Å²) in [7, 11) is 0. The average molecular weight is 220 g/mol. The highest BCUT2D eigenvalue weighted by molar-refractivity contribution is 5.88. The highest BCUT2D eigenvalue weighted by Crippen LogP contribution is 2.32. The highest BCUT2D eigenvalue weighted by atomic mass is 16.4. The molecule has 84 valence electrons. The lowest BCUT2D eigenvalue weighted by Gasteiger charge is -1.95. The number of phenolic OH excluding ortho intramolecular Hbond substituents is 1. The van der Waals surface area contributed by atoms with E-state index in [2.05, 4.69) is 0 Å². The van der Waals surface area contributed by atoms with Gasteiger partial charge in [0, 0.05) is 12.0 Å². The molecule has 0 atom stereocenters. The van der Waals surface area contributed by atoms with Crippen molar-refractivity contribution >= 4 is 16.9 Å². The topological polar surface area (TPSA) is 70.7 Å². The molecule has 2 N–H and O–H groups in total. The van der Waals surface area contributed by atoms with Crippen LogP contribution in [0.2, 0.25) is 0 Å². The number of furan rings is 1. The molecule has 0 saturated carbocycles. The maximum absolute atomic E-state index is 10.5. The van der Waals surface area contributed by atoms with Gasteiger partial charge in [0.2, 0.25) is 0 Å². The van der Waals surface area contributed by atoms with E-state index in [-0.39, 0.29) is 12.2 Å². The predicted molar refractivity (Wildman–Crippen MR) is 58.6 cm³/mol. The summed E-state index contributed by atoms with van der Waals surface area (Å²) < 4.78 is 5.51. The zero-order chi connectivity index (χ0) is 11.7. The number of benzene rings is 1. The van der Waals surface area contributed by atoms with Gasteiger partial charge in [-0.2, -0.15) is 0 Å². The van der Waals surface area contributed by atoms with Crippen LogP contribution < -0.4 is 0 Å². The highest BCUT2D eigenvalue weighted by Gasteiger charge is 2.14. The number of hydrogen-bond acceptors (Lipinski definition) is 3. The minimum Gasteiger partial charge on any atom is -0.507 e. The minimum absolute atomic E-state index is 0.0292. The van der Waals surface area contributed by atoms with E-state index in [0.29, 0.717) is 23.2 Å². The molecule has 0 amide bonds. The molecule has 0 unspecified atom stereocenters. The molecule has 0 spiro atoms. The summed E-state index contributed by atoms with van der Waals surface area (Å²) in [6, 6.07) is 5.04. The average Bonchev–Trinajstić information content (AvgIpc) is 2.54. The van der Waals surface area contributed by atoms with Crippen LogP contribution in [-0.2, 0) is 11.2 Å². The van der Waals surface area contributed by atoms with Crippen molar-refractivity contribution in [2.45, 2.75) is 19.8 Å². The molecule has 0 fully saturated rings. The Morgan fingerprint density at radius 3 is 2.81 bits per heavy atom. The van der Waals surface area contributed by atoms with E-state index in [1.54, 1.807) is 18.2 Å². The number of carbonyl (C=O) groups is 1. The number of hydrogen-bond donors (Lipinski definition) is 2. The van der Waals surface area contributed by atoms with E-state index in [1.165, 1.54) is 0 Å². The second kappa shape index (κ2) is 3.89. The smallest absolute Gasteiger partial charge is 0.303 e. The van der Waals surface area contributed by atoms with Crippen LogP contribution in [0.1, 0.15) is 17.7 Å². The van der Waals surface area contributed by atoms with Gasteiger partial charge in [-0.3, -0.25) is 4.79 Å². The van der Waals surface area contributed by atoms with E-state index >= 15 is 0 Å². The number of aromatic hydroxyl groups is 1. The number of aliphatic carboxylic acids is 1. The van der Waals surface area contributed by atoms with Crippen LogP contribution in [0.15, 0.2) is 22.6 Å². The molecule has 1 aromatic carbocycles. The molecule has 2 aromatic rings. The standard InChI is InChI=1S/C12H12O4/c1-7-9(5-6-11(14)15)16-10-4-2-3-8(13)12(7)10/h2-4,13H,5-6H2,1H3,(H,14,15). The summed E-state index contributed by atoms with van der Waals surface area (Å²) in [5, 5.41) is 18.9. The van der Waals surface area contributed by atoms with Gasteiger partial charge in [-0.25, -0.2) is 0 Å². The Bertz CT molecular complexity index is 539. The molecule has 16 heavy (non-hydrogen) atoms. The molecule has 2 rings (SSSR count). The first kappa shape index (κ1) is 10.5. The third-order valence-electron chi connectivity index (χ3n) is 2.60. The third-order valence-corrected chi connectivity index (χ3v) is 2.60. The quantitative estimate of drug-likeness (QED) is 0.833. The molecule has 0 aliphatic rings. The van der Waals surface area contributed by atoms with Gasteiger partial charge in [0.1, 0.15) is 17.1 Å². The third kappa shape index (κ3) is 1.74. The maximum Gasteiger partial charge on any atom is 0.303 e. The minimum atomic E-state index is -0.857. The van der Waals surface area contributed by atoms with Gasteiger partial charge in [0.25, 0.3) is 0 Å². The molecule has 1 heterocycles. The molecular formula is C12H12O4. The molecular weight excluding hydrogens is 208 g/mol. The molecule has 4 nitrogen and oxygen atoms in total. The van der Waals surface area contributed by atoms with Crippen LogP contribution in [0.5, 0.6) is 5.75 Å².